The topological polar surface area (TPSA) is 75.9 Å². The van der Waals surface area contributed by atoms with Gasteiger partial charge in [0.05, 0.1) is 0 Å². The molecule has 1 aromatic rings. The van der Waals surface area contributed by atoms with E-state index in [1.54, 1.807) is 0 Å². The summed E-state index contributed by atoms with van der Waals surface area (Å²) in [5.74, 6) is 7.83. The predicted molar refractivity (Wildman–Crippen MR) is 67.3 cm³/mol. The van der Waals surface area contributed by atoms with Gasteiger partial charge in [-0.3, -0.25) is 0 Å². The molecule has 4 N–H and O–H groups in total. The van der Waals surface area contributed by atoms with E-state index in [9.17, 15) is 0 Å². The number of nitrogens with zero attached hydrogens (tertiary/aromatic N) is 2. The number of hydrazine groups is 1. The fourth-order valence-electron chi connectivity index (χ4n) is 1.45. The van der Waals surface area contributed by atoms with Crippen LogP contribution in [0.3, 0.4) is 0 Å². The SMILES string of the molecule is CCCc1nc(NN)c(C)c(NC(C)C)n1. The van der Waals surface area contributed by atoms with E-state index in [1.165, 1.54) is 0 Å². The minimum atomic E-state index is 0.341. The summed E-state index contributed by atoms with van der Waals surface area (Å²) in [7, 11) is 0. The Bertz CT molecular complexity index is 348. The zero-order chi connectivity index (χ0) is 12.1. The highest BCUT2D eigenvalue weighted by Gasteiger charge is 2.10. The lowest BCUT2D eigenvalue weighted by atomic mass is 10.2. The summed E-state index contributed by atoms with van der Waals surface area (Å²) in [6, 6.07) is 0.341. The molecule has 0 amide bonds. The second kappa shape index (κ2) is 5.65. The van der Waals surface area contributed by atoms with Crippen LogP contribution in [0.15, 0.2) is 0 Å². The van der Waals surface area contributed by atoms with Gasteiger partial charge in [0.1, 0.15) is 17.5 Å². The number of anilines is 2. The quantitative estimate of drug-likeness (QED) is 0.524. The molecule has 0 spiro atoms. The van der Waals surface area contributed by atoms with Crippen molar-refractivity contribution in [2.75, 3.05) is 10.7 Å². The van der Waals surface area contributed by atoms with Gasteiger partial charge < -0.3 is 10.7 Å². The van der Waals surface area contributed by atoms with Gasteiger partial charge in [-0.25, -0.2) is 15.8 Å². The molecular weight excluding hydrogens is 202 g/mol. The van der Waals surface area contributed by atoms with E-state index in [2.05, 4.69) is 41.5 Å². The standard InChI is InChI=1S/C11H21N5/c1-5-6-9-14-10(13-7(2)3)8(4)11(15-9)16-12/h7H,5-6,12H2,1-4H3,(H2,13,14,15,16). The molecule has 5 heteroatoms. The van der Waals surface area contributed by atoms with Crippen LogP contribution >= 0.6 is 0 Å². The fourth-order valence-corrected chi connectivity index (χ4v) is 1.45. The Morgan fingerprint density at radius 1 is 1.25 bits per heavy atom. The Kier molecular flexibility index (Phi) is 4.49. The normalized spacial score (nSPS) is 10.6. The maximum Gasteiger partial charge on any atom is 0.148 e. The number of nitrogens with one attached hydrogen (secondary N) is 2. The zero-order valence-corrected chi connectivity index (χ0v) is 10.5. The second-order valence-corrected chi connectivity index (χ2v) is 4.16. The average molecular weight is 223 g/mol. The number of aromatic nitrogens is 2. The summed E-state index contributed by atoms with van der Waals surface area (Å²) >= 11 is 0. The first-order valence-corrected chi connectivity index (χ1v) is 5.69. The highest BCUT2D eigenvalue weighted by atomic mass is 15.3. The zero-order valence-electron chi connectivity index (χ0n) is 10.5. The Balaban J connectivity index is 3.08. The summed E-state index contributed by atoms with van der Waals surface area (Å²) < 4.78 is 0. The van der Waals surface area contributed by atoms with Gasteiger partial charge in [-0.1, -0.05) is 6.92 Å². The Morgan fingerprint density at radius 2 is 1.88 bits per heavy atom. The van der Waals surface area contributed by atoms with Crippen LogP contribution in [-0.4, -0.2) is 16.0 Å². The number of hydrogen-bond donors (Lipinski definition) is 3. The molecule has 1 rings (SSSR count). The summed E-state index contributed by atoms with van der Waals surface area (Å²) in [4.78, 5) is 8.85. The Morgan fingerprint density at radius 3 is 2.38 bits per heavy atom. The maximum absolute atomic E-state index is 5.45. The van der Waals surface area contributed by atoms with Gasteiger partial charge in [0.25, 0.3) is 0 Å². The number of rotatable bonds is 5. The van der Waals surface area contributed by atoms with E-state index in [4.69, 9.17) is 5.84 Å². The molecule has 0 aliphatic rings. The van der Waals surface area contributed by atoms with Crippen molar-refractivity contribution in [3.63, 3.8) is 0 Å². The Hall–Kier alpha value is -1.36. The summed E-state index contributed by atoms with van der Waals surface area (Å²) in [6.45, 7) is 8.22. The van der Waals surface area contributed by atoms with Crippen LogP contribution in [0.2, 0.25) is 0 Å². The van der Waals surface area contributed by atoms with Gasteiger partial charge in [0.15, 0.2) is 0 Å². The van der Waals surface area contributed by atoms with Gasteiger partial charge in [0, 0.05) is 18.0 Å². The van der Waals surface area contributed by atoms with Crippen LogP contribution < -0.4 is 16.6 Å². The molecule has 0 atom stereocenters. The molecule has 0 aliphatic carbocycles. The predicted octanol–water partition coefficient (Wildman–Crippen LogP) is 1.84. The molecule has 0 aromatic carbocycles. The van der Waals surface area contributed by atoms with E-state index >= 15 is 0 Å². The molecule has 0 unspecified atom stereocenters. The number of nitrogen functional groups attached to an aromatic ring is 1. The highest BCUT2D eigenvalue weighted by Crippen LogP contribution is 2.20. The summed E-state index contributed by atoms with van der Waals surface area (Å²) in [6.07, 6.45) is 1.88. The van der Waals surface area contributed by atoms with Crippen LogP contribution in [0, 0.1) is 6.92 Å². The molecule has 1 heterocycles. The molecule has 16 heavy (non-hydrogen) atoms. The van der Waals surface area contributed by atoms with E-state index in [0.29, 0.717) is 11.9 Å². The molecule has 0 fully saturated rings. The third kappa shape index (κ3) is 3.06. The first-order valence-electron chi connectivity index (χ1n) is 5.69. The van der Waals surface area contributed by atoms with Gasteiger partial charge in [-0.15, -0.1) is 0 Å². The first-order chi connectivity index (χ1) is 7.58. The lowest BCUT2D eigenvalue weighted by Crippen LogP contribution is -2.17. The molecule has 90 valence electrons. The molecule has 0 bridgehead atoms. The highest BCUT2D eigenvalue weighted by molar-refractivity contribution is 5.56. The van der Waals surface area contributed by atoms with Gasteiger partial charge >= 0.3 is 0 Å². The smallest absolute Gasteiger partial charge is 0.148 e. The van der Waals surface area contributed by atoms with Crippen molar-refractivity contribution < 1.29 is 0 Å². The molecular formula is C11H21N5. The molecule has 0 saturated carbocycles. The van der Waals surface area contributed by atoms with Crippen molar-refractivity contribution >= 4 is 11.6 Å². The minimum absolute atomic E-state index is 0.341. The summed E-state index contributed by atoms with van der Waals surface area (Å²) in [5.41, 5.74) is 3.57. The average Bonchev–Trinajstić information content (AvgIpc) is 2.22. The van der Waals surface area contributed by atoms with Gasteiger partial charge in [-0.05, 0) is 27.2 Å². The van der Waals surface area contributed by atoms with Crippen LogP contribution in [0.4, 0.5) is 11.6 Å². The van der Waals surface area contributed by atoms with E-state index in [1.807, 2.05) is 6.92 Å². The third-order valence-electron chi connectivity index (χ3n) is 2.23. The molecule has 1 aromatic heterocycles. The largest absolute Gasteiger partial charge is 0.368 e. The van der Waals surface area contributed by atoms with Gasteiger partial charge in [-0.2, -0.15) is 0 Å². The lowest BCUT2D eigenvalue weighted by Gasteiger charge is -2.15. The molecule has 0 aliphatic heterocycles. The first kappa shape index (κ1) is 12.7. The van der Waals surface area contributed by atoms with Crippen molar-refractivity contribution in [1.29, 1.82) is 0 Å². The van der Waals surface area contributed by atoms with Crippen LogP contribution in [0.25, 0.3) is 0 Å². The number of aryl methyl sites for hydroxylation is 1. The van der Waals surface area contributed by atoms with Crippen LogP contribution in [0.5, 0.6) is 0 Å². The van der Waals surface area contributed by atoms with E-state index in [0.717, 1.165) is 30.0 Å². The van der Waals surface area contributed by atoms with Crippen molar-refractivity contribution in [1.82, 2.24) is 9.97 Å². The maximum atomic E-state index is 5.45. The summed E-state index contributed by atoms with van der Waals surface area (Å²) in [5, 5.41) is 3.30. The van der Waals surface area contributed by atoms with Crippen molar-refractivity contribution in [2.24, 2.45) is 5.84 Å². The molecule has 5 nitrogen and oxygen atoms in total. The third-order valence-corrected chi connectivity index (χ3v) is 2.23. The van der Waals surface area contributed by atoms with E-state index in [-0.39, 0.29) is 0 Å². The minimum Gasteiger partial charge on any atom is -0.368 e. The monoisotopic (exact) mass is 223 g/mol. The van der Waals surface area contributed by atoms with Crippen LogP contribution in [-0.2, 0) is 6.42 Å². The van der Waals surface area contributed by atoms with Gasteiger partial charge in [0.2, 0.25) is 0 Å². The molecule has 0 radical (unpaired) electrons. The second-order valence-electron chi connectivity index (χ2n) is 4.16. The molecule has 0 saturated heterocycles. The van der Waals surface area contributed by atoms with Crippen LogP contribution in [0.1, 0.15) is 38.6 Å². The van der Waals surface area contributed by atoms with Crippen molar-refractivity contribution in [3.8, 4) is 0 Å². The van der Waals surface area contributed by atoms with Crippen molar-refractivity contribution in [2.45, 2.75) is 46.6 Å². The number of hydrogen-bond acceptors (Lipinski definition) is 5. The number of nitrogens with two attached hydrogens (primary N) is 1. The lowest BCUT2D eigenvalue weighted by molar-refractivity contribution is 0.818. The Labute approximate surface area is 96.8 Å². The fraction of sp³-hybridized carbons (Fsp3) is 0.636. The van der Waals surface area contributed by atoms with Crippen molar-refractivity contribution in [3.05, 3.63) is 11.4 Å². The van der Waals surface area contributed by atoms with E-state index < -0.39 is 0 Å².